The standard InChI is InChI=1S/C15H14BrFN2O/c16-13-7-11(17)2-5-14(13)20-15-6-1-10(9-19-15)8-18-12-3-4-12/h1-2,5-7,9,12,18H,3-4,8H2. The van der Waals surface area contributed by atoms with Crippen molar-refractivity contribution in [2.75, 3.05) is 0 Å². The van der Waals surface area contributed by atoms with Gasteiger partial charge in [0.25, 0.3) is 0 Å². The SMILES string of the molecule is Fc1ccc(Oc2ccc(CNC3CC3)cn2)c(Br)c1. The topological polar surface area (TPSA) is 34.1 Å². The van der Waals surface area contributed by atoms with Crippen LogP contribution in [0.2, 0.25) is 0 Å². The molecule has 0 atom stereocenters. The summed E-state index contributed by atoms with van der Waals surface area (Å²) in [5.41, 5.74) is 1.13. The third-order valence-electron chi connectivity index (χ3n) is 3.08. The Morgan fingerprint density at radius 3 is 2.80 bits per heavy atom. The minimum Gasteiger partial charge on any atom is -0.438 e. The third kappa shape index (κ3) is 3.55. The predicted octanol–water partition coefficient (Wildman–Crippen LogP) is 4.03. The highest BCUT2D eigenvalue weighted by Gasteiger charge is 2.19. The zero-order chi connectivity index (χ0) is 13.9. The molecule has 3 nitrogen and oxygen atoms in total. The fourth-order valence-electron chi connectivity index (χ4n) is 1.80. The van der Waals surface area contributed by atoms with Gasteiger partial charge in [0.1, 0.15) is 11.6 Å². The molecule has 0 aliphatic heterocycles. The summed E-state index contributed by atoms with van der Waals surface area (Å²) in [6.07, 6.45) is 4.34. The molecule has 1 N–H and O–H groups in total. The van der Waals surface area contributed by atoms with Crippen molar-refractivity contribution in [2.45, 2.75) is 25.4 Å². The fourth-order valence-corrected chi connectivity index (χ4v) is 2.23. The number of aromatic nitrogens is 1. The number of hydrogen-bond acceptors (Lipinski definition) is 3. The van der Waals surface area contributed by atoms with Crippen LogP contribution in [0, 0.1) is 5.82 Å². The average Bonchev–Trinajstić information content (AvgIpc) is 3.25. The molecule has 1 aliphatic carbocycles. The molecule has 0 unspecified atom stereocenters. The molecule has 1 saturated carbocycles. The maximum Gasteiger partial charge on any atom is 0.219 e. The number of pyridine rings is 1. The number of nitrogens with zero attached hydrogens (tertiary/aromatic N) is 1. The number of ether oxygens (including phenoxy) is 1. The Bertz CT molecular complexity index is 599. The van der Waals surface area contributed by atoms with E-state index in [1.54, 1.807) is 12.3 Å². The first-order valence-corrected chi connectivity index (χ1v) is 7.31. The first kappa shape index (κ1) is 13.5. The van der Waals surface area contributed by atoms with E-state index in [1.807, 2.05) is 12.1 Å². The largest absolute Gasteiger partial charge is 0.438 e. The highest BCUT2D eigenvalue weighted by atomic mass is 79.9. The highest BCUT2D eigenvalue weighted by molar-refractivity contribution is 9.10. The summed E-state index contributed by atoms with van der Waals surface area (Å²) in [6, 6.07) is 8.77. The van der Waals surface area contributed by atoms with Crippen molar-refractivity contribution in [2.24, 2.45) is 0 Å². The summed E-state index contributed by atoms with van der Waals surface area (Å²) in [4.78, 5) is 4.26. The monoisotopic (exact) mass is 336 g/mol. The van der Waals surface area contributed by atoms with E-state index in [1.165, 1.54) is 25.0 Å². The van der Waals surface area contributed by atoms with E-state index in [9.17, 15) is 4.39 Å². The van der Waals surface area contributed by atoms with Crippen LogP contribution in [0.5, 0.6) is 11.6 Å². The van der Waals surface area contributed by atoms with Gasteiger partial charge >= 0.3 is 0 Å². The molecule has 0 spiro atoms. The van der Waals surface area contributed by atoms with Gasteiger partial charge in [-0.2, -0.15) is 0 Å². The molecule has 5 heteroatoms. The summed E-state index contributed by atoms with van der Waals surface area (Å²) in [5.74, 6) is 0.730. The molecule has 1 aliphatic rings. The third-order valence-corrected chi connectivity index (χ3v) is 3.70. The Morgan fingerprint density at radius 1 is 1.30 bits per heavy atom. The van der Waals surface area contributed by atoms with Crippen LogP contribution in [0.1, 0.15) is 18.4 Å². The number of rotatable bonds is 5. The van der Waals surface area contributed by atoms with Crippen molar-refractivity contribution in [3.63, 3.8) is 0 Å². The van der Waals surface area contributed by atoms with E-state index in [2.05, 4.69) is 26.2 Å². The molecule has 1 fully saturated rings. The minimum absolute atomic E-state index is 0.307. The van der Waals surface area contributed by atoms with Crippen molar-refractivity contribution in [1.82, 2.24) is 10.3 Å². The summed E-state index contributed by atoms with van der Waals surface area (Å²) < 4.78 is 19.2. The molecule has 0 radical (unpaired) electrons. The van der Waals surface area contributed by atoms with Gasteiger partial charge in [-0.25, -0.2) is 9.37 Å². The van der Waals surface area contributed by atoms with Gasteiger partial charge in [0, 0.05) is 24.8 Å². The van der Waals surface area contributed by atoms with Crippen LogP contribution in [-0.4, -0.2) is 11.0 Å². The van der Waals surface area contributed by atoms with Crippen LogP contribution in [0.4, 0.5) is 4.39 Å². The van der Waals surface area contributed by atoms with Crippen LogP contribution in [-0.2, 0) is 6.54 Å². The van der Waals surface area contributed by atoms with Crippen LogP contribution < -0.4 is 10.1 Å². The van der Waals surface area contributed by atoms with Gasteiger partial charge in [0.2, 0.25) is 5.88 Å². The number of halogens is 2. The second kappa shape index (κ2) is 5.89. The minimum atomic E-state index is -0.307. The maximum absolute atomic E-state index is 13.0. The van der Waals surface area contributed by atoms with E-state index >= 15 is 0 Å². The van der Waals surface area contributed by atoms with Gasteiger partial charge in [0.05, 0.1) is 4.47 Å². The molecule has 1 aromatic carbocycles. The first-order chi connectivity index (χ1) is 9.70. The molecule has 1 aromatic heterocycles. The Kier molecular flexibility index (Phi) is 3.98. The molecule has 0 saturated heterocycles. The zero-order valence-electron chi connectivity index (χ0n) is 10.8. The van der Waals surface area contributed by atoms with Gasteiger partial charge in [-0.15, -0.1) is 0 Å². The lowest BCUT2D eigenvalue weighted by molar-refractivity contribution is 0.457. The predicted molar refractivity (Wildman–Crippen MR) is 78.3 cm³/mol. The lowest BCUT2D eigenvalue weighted by atomic mass is 10.3. The molecule has 104 valence electrons. The van der Waals surface area contributed by atoms with Gasteiger partial charge in [-0.05, 0) is 52.5 Å². The molecular weight excluding hydrogens is 323 g/mol. The summed E-state index contributed by atoms with van der Waals surface area (Å²) in [6.45, 7) is 0.832. The lowest BCUT2D eigenvalue weighted by Gasteiger charge is -2.08. The van der Waals surface area contributed by atoms with Crippen molar-refractivity contribution in [3.8, 4) is 11.6 Å². The molecule has 3 rings (SSSR count). The second-order valence-electron chi connectivity index (χ2n) is 4.84. The Hall–Kier alpha value is -1.46. The summed E-state index contributed by atoms with van der Waals surface area (Å²) >= 11 is 3.26. The molecular formula is C15H14BrFN2O. The van der Waals surface area contributed by atoms with Gasteiger partial charge in [-0.1, -0.05) is 6.07 Å². The van der Waals surface area contributed by atoms with Crippen molar-refractivity contribution < 1.29 is 9.13 Å². The highest BCUT2D eigenvalue weighted by Crippen LogP contribution is 2.29. The average molecular weight is 337 g/mol. The number of benzene rings is 1. The molecule has 1 heterocycles. The van der Waals surface area contributed by atoms with E-state index in [-0.39, 0.29) is 5.82 Å². The fraction of sp³-hybridized carbons (Fsp3) is 0.267. The number of hydrogen-bond donors (Lipinski definition) is 1. The van der Waals surface area contributed by atoms with E-state index in [0.29, 0.717) is 22.1 Å². The van der Waals surface area contributed by atoms with Crippen molar-refractivity contribution in [3.05, 3.63) is 52.4 Å². The van der Waals surface area contributed by atoms with Gasteiger partial charge in [0.15, 0.2) is 0 Å². The first-order valence-electron chi connectivity index (χ1n) is 6.52. The van der Waals surface area contributed by atoms with E-state index < -0.39 is 0 Å². The maximum atomic E-state index is 13.0. The normalized spacial score (nSPS) is 14.3. The smallest absolute Gasteiger partial charge is 0.219 e. The van der Waals surface area contributed by atoms with Crippen LogP contribution in [0.15, 0.2) is 41.0 Å². The number of nitrogens with one attached hydrogen (secondary N) is 1. The Labute approximate surface area is 125 Å². The lowest BCUT2D eigenvalue weighted by Crippen LogP contribution is -2.15. The Morgan fingerprint density at radius 2 is 2.15 bits per heavy atom. The molecule has 0 bridgehead atoms. The van der Waals surface area contributed by atoms with Crippen molar-refractivity contribution in [1.29, 1.82) is 0 Å². The van der Waals surface area contributed by atoms with E-state index in [0.717, 1.165) is 12.1 Å². The zero-order valence-corrected chi connectivity index (χ0v) is 12.4. The molecule has 0 amide bonds. The van der Waals surface area contributed by atoms with Crippen LogP contribution in [0.25, 0.3) is 0 Å². The van der Waals surface area contributed by atoms with Crippen LogP contribution in [0.3, 0.4) is 0 Å². The molecule has 20 heavy (non-hydrogen) atoms. The van der Waals surface area contributed by atoms with E-state index in [4.69, 9.17) is 4.74 Å². The molecule has 2 aromatic rings. The van der Waals surface area contributed by atoms with Crippen molar-refractivity contribution >= 4 is 15.9 Å². The summed E-state index contributed by atoms with van der Waals surface area (Å²) in [7, 11) is 0. The second-order valence-corrected chi connectivity index (χ2v) is 5.69. The Balaban J connectivity index is 1.64. The summed E-state index contributed by atoms with van der Waals surface area (Å²) in [5, 5.41) is 3.43. The quantitative estimate of drug-likeness (QED) is 0.895. The van der Waals surface area contributed by atoms with Gasteiger partial charge < -0.3 is 10.1 Å². The van der Waals surface area contributed by atoms with Gasteiger partial charge in [-0.3, -0.25) is 0 Å². The van der Waals surface area contributed by atoms with Crippen LogP contribution >= 0.6 is 15.9 Å².